The van der Waals surface area contributed by atoms with Crippen molar-refractivity contribution in [3.63, 3.8) is 0 Å². The molecule has 0 unspecified atom stereocenters. The highest BCUT2D eigenvalue weighted by Crippen LogP contribution is 2.40. The molecule has 0 amide bonds. The zero-order chi connectivity index (χ0) is 38.4. The molecule has 280 valence electrons. The molecule has 0 atom stereocenters. The minimum absolute atomic E-state index is 0.278. The number of hydrogen-bond acceptors (Lipinski definition) is 10. The van der Waals surface area contributed by atoms with Crippen LogP contribution in [0.5, 0.6) is 11.5 Å². The van der Waals surface area contributed by atoms with Crippen molar-refractivity contribution in [3.8, 4) is 56.5 Å². The zero-order valence-corrected chi connectivity index (χ0v) is 31.8. The first-order valence-electron chi connectivity index (χ1n) is 18.2. The third kappa shape index (κ3) is 6.57. The molecule has 8 heterocycles. The molecule has 0 bridgehead atoms. The average Bonchev–Trinajstić information content (AvgIpc) is 3.80. The van der Waals surface area contributed by atoms with Gasteiger partial charge < -0.3 is 9.47 Å². The predicted octanol–water partition coefficient (Wildman–Crippen LogP) is 7.02. The summed E-state index contributed by atoms with van der Waals surface area (Å²) in [7, 11) is -3.42. The van der Waals surface area contributed by atoms with E-state index in [0.29, 0.717) is 29.6 Å². The van der Waals surface area contributed by atoms with Gasteiger partial charge >= 0.3 is 0 Å². The maximum atomic E-state index is 12.3. The standard InChI is InChI=1S/C21H19N5O3S.C21H18N4O/c1-14-12-15(6-8-22-14)19-20(25-9-3-7-23-21(25)24-19)16-4-5-18-17(13-16)26(10-11-29-18)30(2,27)28;1-14-12-16(7-9-22-14)19-20(25-10-3-8-23-21(25)24-19)17-5-6-18-15(13-17)4-2-11-26-18/h3-9,12-13H,10-11H2,1-2H3;3,5-10,12-13H,2,4,11H2,1H3. The fourth-order valence-electron chi connectivity index (χ4n) is 7.31. The number of sulfonamides is 1. The maximum absolute atomic E-state index is 12.3. The van der Waals surface area contributed by atoms with Gasteiger partial charge in [-0.2, -0.15) is 0 Å². The first kappa shape index (κ1) is 35.1. The van der Waals surface area contributed by atoms with Crippen LogP contribution in [-0.4, -0.2) is 73.1 Å². The summed E-state index contributed by atoms with van der Waals surface area (Å²) < 4.78 is 41.4. The van der Waals surface area contributed by atoms with Gasteiger partial charge in [0.05, 0.1) is 47.9 Å². The van der Waals surface area contributed by atoms with Gasteiger partial charge in [-0.15, -0.1) is 0 Å². The average molecular weight is 764 g/mol. The van der Waals surface area contributed by atoms with Crippen LogP contribution in [0.15, 0.2) is 110 Å². The quantitative estimate of drug-likeness (QED) is 0.180. The summed E-state index contributed by atoms with van der Waals surface area (Å²) in [5.41, 5.74) is 11.1. The fraction of sp³-hybridized carbons (Fsp3) is 0.190. The van der Waals surface area contributed by atoms with E-state index in [0.717, 1.165) is 81.6 Å². The molecule has 14 heteroatoms. The number of pyridine rings is 2. The molecule has 0 saturated heterocycles. The van der Waals surface area contributed by atoms with Gasteiger partial charge in [0.25, 0.3) is 0 Å². The molecule has 56 heavy (non-hydrogen) atoms. The molecular weight excluding hydrogens is 727 g/mol. The lowest BCUT2D eigenvalue weighted by molar-refractivity contribution is 0.288. The molecule has 8 aromatic rings. The van der Waals surface area contributed by atoms with Gasteiger partial charge in [-0.3, -0.25) is 23.1 Å². The molecule has 2 aliphatic rings. The molecule has 2 aromatic carbocycles. The van der Waals surface area contributed by atoms with Gasteiger partial charge in [-0.1, -0.05) is 0 Å². The van der Waals surface area contributed by atoms with Crippen LogP contribution in [0.3, 0.4) is 0 Å². The second-order valence-electron chi connectivity index (χ2n) is 13.7. The number of aryl methyl sites for hydroxylation is 3. The number of nitrogens with zero attached hydrogens (tertiary/aromatic N) is 9. The molecule has 0 spiro atoms. The lowest BCUT2D eigenvalue weighted by atomic mass is 9.99. The van der Waals surface area contributed by atoms with Crippen LogP contribution in [0.4, 0.5) is 5.69 Å². The van der Waals surface area contributed by atoms with Gasteiger partial charge in [0.2, 0.25) is 21.6 Å². The van der Waals surface area contributed by atoms with E-state index in [1.165, 1.54) is 16.1 Å². The summed E-state index contributed by atoms with van der Waals surface area (Å²) >= 11 is 0. The number of anilines is 1. The number of imidazole rings is 2. The van der Waals surface area contributed by atoms with E-state index in [9.17, 15) is 8.42 Å². The highest BCUT2D eigenvalue weighted by molar-refractivity contribution is 7.92. The minimum atomic E-state index is -3.42. The molecule has 0 fully saturated rings. The second-order valence-corrected chi connectivity index (χ2v) is 15.6. The zero-order valence-electron chi connectivity index (χ0n) is 31.0. The summed E-state index contributed by atoms with van der Waals surface area (Å²) in [5, 5.41) is 0. The van der Waals surface area contributed by atoms with Crippen molar-refractivity contribution < 1.29 is 17.9 Å². The Morgan fingerprint density at radius 1 is 0.625 bits per heavy atom. The number of hydrogen-bond donors (Lipinski definition) is 0. The van der Waals surface area contributed by atoms with Crippen LogP contribution in [0.25, 0.3) is 56.6 Å². The Kier molecular flexibility index (Phi) is 8.89. The van der Waals surface area contributed by atoms with Crippen molar-refractivity contribution in [2.24, 2.45) is 0 Å². The number of fused-ring (bicyclic) bond motifs is 4. The Balaban J connectivity index is 0.000000148. The van der Waals surface area contributed by atoms with E-state index in [-0.39, 0.29) is 6.54 Å². The lowest BCUT2D eigenvalue weighted by Gasteiger charge is -2.29. The van der Waals surface area contributed by atoms with Crippen LogP contribution in [0.2, 0.25) is 0 Å². The van der Waals surface area contributed by atoms with E-state index < -0.39 is 10.0 Å². The Morgan fingerprint density at radius 2 is 1.20 bits per heavy atom. The molecule has 0 aliphatic carbocycles. The lowest BCUT2D eigenvalue weighted by Crippen LogP contribution is -2.37. The molecule has 2 aliphatic heterocycles. The Morgan fingerprint density at radius 3 is 1.79 bits per heavy atom. The van der Waals surface area contributed by atoms with Gasteiger partial charge in [-0.25, -0.2) is 28.4 Å². The first-order valence-corrected chi connectivity index (χ1v) is 20.1. The summed E-state index contributed by atoms with van der Waals surface area (Å²) in [4.78, 5) is 27.0. The SMILES string of the molecule is Cc1cc(-c2nc3ncccn3c2-c2ccc3c(c2)CCCO3)ccn1.Cc1cc(-c2nc3ncccn3c2-c2ccc3c(c2)N(S(C)(=O)=O)CCO3)ccn1. The number of aromatic nitrogens is 8. The van der Waals surface area contributed by atoms with Crippen molar-refractivity contribution in [3.05, 3.63) is 127 Å². The third-order valence-corrected chi connectivity index (χ3v) is 11.0. The van der Waals surface area contributed by atoms with Crippen molar-refractivity contribution in [1.29, 1.82) is 0 Å². The molecule has 0 saturated carbocycles. The number of ether oxygens (including phenoxy) is 2. The normalized spacial score (nSPS) is 13.7. The predicted molar refractivity (Wildman–Crippen MR) is 214 cm³/mol. The summed E-state index contributed by atoms with van der Waals surface area (Å²) in [6.07, 6.45) is 14.3. The van der Waals surface area contributed by atoms with E-state index in [1.54, 1.807) is 24.7 Å². The van der Waals surface area contributed by atoms with Crippen LogP contribution < -0.4 is 13.8 Å². The van der Waals surface area contributed by atoms with Crippen molar-refractivity contribution in [2.75, 3.05) is 30.3 Å². The molecule has 0 N–H and O–H groups in total. The van der Waals surface area contributed by atoms with E-state index in [1.807, 2.05) is 79.3 Å². The third-order valence-electron chi connectivity index (χ3n) is 9.78. The topological polar surface area (TPSA) is 142 Å². The summed E-state index contributed by atoms with van der Waals surface area (Å²) in [6, 6.07) is 23.7. The van der Waals surface area contributed by atoms with E-state index in [4.69, 9.17) is 19.4 Å². The van der Waals surface area contributed by atoms with Gasteiger partial charge in [0, 0.05) is 70.8 Å². The molecule has 0 radical (unpaired) electrons. The monoisotopic (exact) mass is 763 g/mol. The fourth-order valence-corrected chi connectivity index (χ4v) is 8.21. The maximum Gasteiger partial charge on any atom is 0.234 e. The van der Waals surface area contributed by atoms with E-state index in [2.05, 4.69) is 48.6 Å². The van der Waals surface area contributed by atoms with Gasteiger partial charge in [-0.05, 0) is 105 Å². The molecule has 13 nitrogen and oxygen atoms in total. The van der Waals surface area contributed by atoms with Crippen LogP contribution >= 0.6 is 0 Å². The van der Waals surface area contributed by atoms with Gasteiger partial charge in [0.1, 0.15) is 18.1 Å². The summed E-state index contributed by atoms with van der Waals surface area (Å²) in [6.45, 7) is 5.32. The first-order chi connectivity index (χ1) is 27.2. The van der Waals surface area contributed by atoms with E-state index >= 15 is 0 Å². The van der Waals surface area contributed by atoms with Crippen molar-refractivity contribution >= 4 is 27.3 Å². The van der Waals surface area contributed by atoms with Crippen LogP contribution in [0, 0.1) is 13.8 Å². The Labute approximate surface area is 323 Å². The molecule has 10 rings (SSSR count). The Hall–Kier alpha value is -6.67. The van der Waals surface area contributed by atoms with Crippen LogP contribution in [-0.2, 0) is 16.4 Å². The molecular formula is C42H37N9O4S. The largest absolute Gasteiger partial charge is 0.493 e. The smallest absolute Gasteiger partial charge is 0.234 e. The Bertz CT molecular complexity index is 2890. The van der Waals surface area contributed by atoms with Crippen molar-refractivity contribution in [2.45, 2.75) is 26.7 Å². The molecule has 6 aromatic heterocycles. The van der Waals surface area contributed by atoms with Gasteiger partial charge in [0.15, 0.2) is 0 Å². The number of rotatable bonds is 5. The summed E-state index contributed by atoms with van der Waals surface area (Å²) in [5.74, 6) is 2.80. The number of benzene rings is 2. The highest BCUT2D eigenvalue weighted by atomic mass is 32.2. The minimum Gasteiger partial charge on any atom is -0.493 e. The van der Waals surface area contributed by atoms with Crippen molar-refractivity contribution in [1.82, 2.24) is 38.7 Å². The van der Waals surface area contributed by atoms with Crippen LogP contribution in [0.1, 0.15) is 23.4 Å². The highest BCUT2D eigenvalue weighted by Gasteiger charge is 2.27. The second kappa shape index (κ2) is 14.2.